The van der Waals surface area contributed by atoms with Crippen LogP contribution >= 0.6 is 0 Å². The van der Waals surface area contributed by atoms with Gasteiger partial charge in [-0.05, 0) is 18.1 Å². The number of carbonyl (C=O) groups is 1. The van der Waals surface area contributed by atoms with Crippen molar-refractivity contribution in [3.05, 3.63) is 54.0 Å². The lowest BCUT2D eigenvalue weighted by Gasteiger charge is -2.18. The molecule has 0 radical (unpaired) electrons. The van der Waals surface area contributed by atoms with Crippen LogP contribution in [0.15, 0.2) is 42.7 Å². The summed E-state index contributed by atoms with van der Waals surface area (Å²) in [4.78, 5) is 19.8. The quantitative estimate of drug-likeness (QED) is 0.795. The molecule has 124 valence electrons. The van der Waals surface area contributed by atoms with E-state index < -0.39 is 5.97 Å². The molecule has 0 unspecified atom stereocenters. The molecule has 2 heterocycles. The summed E-state index contributed by atoms with van der Waals surface area (Å²) in [6, 6.07) is 9.93. The van der Waals surface area contributed by atoms with Crippen molar-refractivity contribution in [2.75, 3.05) is 0 Å². The Labute approximate surface area is 141 Å². The minimum Gasteiger partial charge on any atom is -0.481 e. The number of nitrogens with zero attached hydrogens (tertiary/aromatic N) is 3. The Kier molecular flexibility index (Phi) is 4.09. The van der Waals surface area contributed by atoms with Gasteiger partial charge < -0.3 is 5.11 Å². The van der Waals surface area contributed by atoms with Crippen molar-refractivity contribution in [1.82, 2.24) is 14.4 Å². The molecule has 0 saturated heterocycles. The van der Waals surface area contributed by atoms with Crippen molar-refractivity contribution >= 4 is 11.7 Å². The zero-order chi connectivity index (χ0) is 17.3. The minimum absolute atomic E-state index is 0.106. The number of imidazole rings is 1. The first kappa shape index (κ1) is 16.2. The van der Waals surface area contributed by atoms with E-state index in [1.807, 2.05) is 40.9 Å². The molecule has 0 aliphatic carbocycles. The standard InChI is InChI=1S/C19H21N3O2/c1-19(2,3)17-16(22-12-4-11-20-18(22)21-17)14-8-5-13(6-9-14)7-10-15(23)24/h4-6,8-9,11-12H,7,10H2,1-3H3,(H,23,24). The number of benzene rings is 1. The first-order valence-electron chi connectivity index (χ1n) is 8.01. The van der Waals surface area contributed by atoms with Crippen molar-refractivity contribution in [3.63, 3.8) is 0 Å². The zero-order valence-corrected chi connectivity index (χ0v) is 14.2. The monoisotopic (exact) mass is 323 g/mol. The van der Waals surface area contributed by atoms with Gasteiger partial charge in [0, 0.05) is 29.8 Å². The van der Waals surface area contributed by atoms with E-state index in [2.05, 4.69) is 25.8 Å². The molecule has 3 aromatic rings. The second-order valence-corrected chi connectivity index (χ2v) is 6.94. The number of hydrogen-bond donors (Lipinski definition) is 1. The third kappa shape index (κ3) is 3.15. The molecule has 0 fully saturated rings. The average molecular weight is 323 g/mol. The molecule has 0 aliphatic rings. The van der Waals surface area contributed by atoms with Crippen molar-refractivity contribution in [1.29, 1.82) is 0 Å². The largest absolute Gasteiger partial charge is 0.481 e. The molecular formula is C19H21N3O2. The summed E-state index contributed by atoms with van der Waals surface area (Å²) < 4.78 is 2.01. The fraction of sp³-hybridized carbons (Fsp3) is 0.316. The van der Waals surface area contributed by atoms with Crippen LogP contribution in [0.5, 0.6) is 0 Å². The molecule has 0 amide bonds. The molecule has 3 rings (SSSR count). The number of hydrogen-bond acceptors (Lipinski definition) is 3. The van der Waals surface area contributed by atoms with Crippen molar-refractivity contribution in [2.45, 2.75) is 39.0 Å². The van der Waals surface area contributed by atoms with Gasteiger partial charge in [-0.1, -0.05) is 45.0 Å². The SMILES string of the molecule is CC(C)(C)c1nc2ncccn2c1-c1ccc(CCC(=O)O)cc1. The number of aryl methyl sites for hydroxylation is 1. The summed E-state index contributed by atoms with van der Waals surface area (Å²) in [5.74, 6) is -0.0886. The smallest absolute Gasteiger partial charge is 0.303 e. The van der Waals surface area contributed by atoms with Gasteiger partial charge in [-0.25, -0.2) is 9.97 Å². The molecule has 0 bridgehead atoms. The number of carboxylic acid groups (broad SMARTS) is 1. The number of carboxylic acids is 1. The van der Waals surface area contributed by atoms with Crippen LogP contribution < -0.4 is 0 Å². The number of fused-ring (bicyclic) bond motifs is 1. The Morgan fingerprint density at radius 1 is 1.21 bits per heavy atom. The molecule has 24 heavy (non-hydrogen) atoms. The highest BCUT2D eigenvalue weighted by molar-refractivity contribution is 5.69. The van der Waals surface area contributed by atoms with Crippen LogP contribution in [0.3, 0.4) is 0 Å². The molecule has 0 saturated carbocycles. The van der Waals surface area contributed by atoms with Crippen molar-refractivity contribution in [2.24, 2.45) is 0 Å². The van der Waals surface area contributed by atoms with Crippen molar-refractivity contribution in [3.8, 4) is 11.3 Å². The molecule has 5 nitrogen and oxygen atoms in total. The molecule has 0 spiro atoms. The molecule has 1 N–H and O–H groups in total. The molecule has 1 aromatic carbocycles. The van der Waals surface area contributed by atoms with Gasteiger partial charge in [0.2, 0.25) is 5.78 Å². The van der Waals surface area contributed by atoms with Crippen LogP contribution in [0.4, 0.5) is 0 Å². The number of aliphatic carboxylic acids is 1. The van der Waals surface area contributed by atoms with Gasteiger partial charge >= 0.3 is 5.97 Å². The Balaban J connectivity index is 2.06. The average Bonchev–Trinajstić information content (AvgIpc) is 2.93. The van der Waals surface area contributed by atoms with Crippen LogP contribution in [0, 0.1) is 0 Å². The lowest BCUT2D eigenvalue weighted by atomic mass is 9.89. The van der Waals surface area contributed by atoms with E-state index in [0.717, 1.165) is 22.5 Å². The van der Waals surface area contributed by atoms with Crippen LogP contribution in [-0.4, -0.2) is 25.4 Å². The molecular weight excluding hydrogens is 302 g/mol. The molecule has 2 aromatic heterocycles. The van der Waals surface area contributed by atoms with Gasteiger partial charge in [0.05, 0.1) is 11.4 Å². The third-order valence-electron chi connectivity index (χ3n) is 3.97. The van der Waals surface area contributed by atoms with Gasteiger partial charge in [-0.2, -0.15) is 0 Å². The van der Waals surface area contributed by atoms with Gasteiger partial charge in [-0.3, -0.25) is 9.20 Å². The summed E-state index contributed by atoms with van der Waals surface area (Å²) >= 11 is 0. The summed E-state index contributed by atoms with van der Waals surface area (Å²) in [5.41, 5.74) is 4.00. The van der Waals surface area contributed by atoms with E-state index in [1.54, 1.807) is 6.20 Å². The lowest BCUT2D eigenvalue weighted by molar-refractivity contribution is -0.136. The Morgan fingerprint density at radius 3 is 2.54 bits per heavy atom. The first-order chi connectivity index (χ1) is 11.4. The van der Waals surface area contributed by atoms with Crippen LogP contribution in [-0.2, 0) is 16.6 Å². The van der Waals surface area contributed by atoms with E-state index in [1.165, 1.54) is 0 Å². The maximum absolute atomic E-state index is 10.7. The van der Waals surface area contributed by atoms with Gasteiger partial charge in [0.1, 0.15) is 0 Å². The summed E-state index contributed by atoms with van der Waals surface area (Å²) in [7, 11) is 0. The fourth-order valence-corrected chi connectivity index (χ4v) is 2.77. The highest BCUT2D eigenvalue weighted by Gasteiger charge is 2.25. The van der Waals surface area contributed by atoms with E-state index in [9.17, 15) is 4.79 Å². The van der Waals surface area contributed by atoms with Crippen LogP contribution in [0.25, 0.3) is 17.0 Å². The first-order valence-corrected chi connectivity index (χ1v) is 8.01. The predicted octanol–water partition coefficient (Wildman–Crippen LogP) is 3.71. The molecule has 0 atom stereocenters. The summed E-state index contributed by atoms with van der Waals surface area (Å²) in [6.45, 7) is 6.42. The maximum atomic E-state index is 10.7. The highest BCUT2D eigenvalue weighted by Crippen LogP contribution is 2.33. The molecule has 0 aliphatic heterocycles. The summed E-state index contributed by atoms with van der Waals surface area (Å²) in [6.07, 6.45) is 4.40. The van der Waals surface area contributed by atoms with Crippen LogP contribution in [0.1, 0.15) is 38.4 Å². The predicted molar refractivity (Wildman–Crippen MR) is 93.1 cm³/mol. The topological polar surface area (TPSA) is 67.5 Å². The van der Waals surface area contributed by atoms with Gasteiger partial charge in [0.15, 0.2) is 0 Å². The summed E-state index contributed by atoms with van der Waals surface area (Å²) in [5, 5.41) is 8.81. The maximum Gasteiger partial charge on any atom is 0.303 e. The Bertz CT molecular complexity index is 874. The van der Waals surface area contributed by atoms with Gasteiger partial charge in [0.25, 0.3) is 0 Å². The number of rotatable bonds is 4. The van der Waals surface area contributed by atoms with E-state index in [-0.39, 0.29) is 11.8 Å². The Morgan fingerprint density at radius 2 is 1.92 bits per heavy atom. The zero-order valence-electron chi connectivity index (χ0n) is 14.2. The van der Waals surface area contributed by atoms with E-state index in [0.29, 0.717) is 12.2 Å². The van der Waals surface area contributed by atoms with E-state index >= 15 is 0 Å². The second kappa shape index (κ2) is 6.07. The van der Waals surface area contributed by atoms with Gasteiger partial charge in [-0.15, -0.1) is 0 Å². The second-order valence-electron chi connectivity index (χ2n) is 6.94. The van der Waals surface area contributed by atoms with E-state index in [4.69, 9.17) is 10.1 Å². The lowest BCUT2D eigenvalue weighted by Crippen LogP contribution is -2.13. The number of aromatic nitrogens is 3. The fourth-order valence-electron chi connectivity index (χ4n) is 2.77. The highest BCUT2D eigenvalue weighted by atomic mass is 16.4. The van der Waals surface area contributed by atoms with Crippen LogP contribution in [0.2, 0.25) is 0 Å². The normalized spacial score (nSPS) is 11.8. The minimum atomic E-state index is -0.776. The Hall–Kier alpha value is -2.69. The third-order valence-corrected chi connectivity index (χ3v) is 3.97. The van der Waals surface area contributed by atoms with Crippen molar-refractivity contribution < 1.29 is 9.90 Å². The molecule has 5 heteroatoms.